The minimum absolute atomic E-state index is 0.212. The van der Waals surface area contributed by atoms with Gasteiger partial charge in [0.15, 0.2) is 0 Å². The highest BCUT2D eigenvalue weighted by atomic mass is 79.9. The van der Waals surface area contributed by atoms with Crippen molar-refractivity contribution in [2.75, 3.05) is 20.3 Å². The molecule has 0 radical (unpaired) electrons. The minimum atomic E-state index is -0.459. The maximum Gasteiger partial charge on any atom is 0.0897 e. The van der Waals surface area contributed by atoms with E-state index in [2.05, 4.69) is 40.3 Å². The first-order valence-corrected chi connectivity index (χ1v) is 6.08. The fourth-order valence-corrected chi connectivity index (χ4v) is 1.87. The molecule has 0 spiro atoms. The van der Waals surface area contributed by atoms with Crippen LogP contribution >= 0.6 is 15.9 Å². The van der Waals surface area contributed by atoms with E-state index in [1.807, 2.05) is 12.1 Å². The molecule has 1 aromatic rings. The van der Waals surface area contributed by atoms with E-state index in [0.717, 1.165) is 4.47 Å². The van der Waals surface area contributed by atoms with E-state index < -0.39 is 6.10 Å². The summed E-state index contributed by atoms with van der Waals surface area (Å²) in [4.78, 5) is 0. The van der Waals surface area contributed by atoms with Gasteiger partial charge < -0.3 is 15.2 Å². The van der Waals surface area contributed by atoms with Crippen molar-refractivity contribution in [3.8, 4) is 0 Å². The smallest absolute Gasteiger partial charge is 0.0897 e. The Morgan fingerprint density at radius 1 is 1.50 bits per heavy atom. The van der Waals surface area contributed by atoms with Gasteiger partial charge in [0.25, 0.3) is 0 Å². The van der Waals surface area contributed by atoms with E-state index in [1.54, 1.807) is 7.11 Å². The van der Waals surface area contributed by atoms with Crippen molar-refractivity contribution in [1.29, 1.82) is 0 Å². The van der Waals surface area contributed by atoms with Crippen molar-refractivity contribution >= 4 is 15.9 Å². The predicted molar refractivity (Wildman–Crippen MR) is 68.4 cm³/mol. The molecule has 0 amide bonds. The Bertz CT molecular complexity index is 320. The second kappa shape index (κ2) is 7.01. The maximum absolute atomic E-state index is 9.50. The van der Waals surface area contributed by atoms with Gasteiger partial charge >= 0.3 is 0 Å². The largest absolute Gasteiger partial charge is 0.389 e. The first-order valence-electron chi connectivity index (χ1n) is 5.29. The topological polar surface area (TPSA) is 41.5 Å². The number of aliphatic hydroxyl groups is 1. The number of aliphatic hydroxyl groups excluding tert-OH is 1. The lowest BCUT2D eigenvalue weighted by Gasteiger charge is -2.17. The summed E-state index contributed by atoms with van der Waals surface area (Å²) in [6.45, 7) is 2.96. The number of nitrogens with one attached hydrogen (secondary N) is 1. The number of hydrogen-bond acceptors (Lipinski definition) is 3. The van der Waals surface area contributed by atoms with Crippen LogP contribution in [0.15, 0.2) is 28.7 Å². The summed E-state index contributed by atoms with van der Waals surface area (Å²) < 4.78 is 5.93. The summed E-state index contributed by atoms with van der Waals surface area (Å²) in [6.07, 6.45) is -0.459. The van der Waals surface area contributed by atoms with E-state index in [-0.39, 0.29) is 6.04 Å². The number of halogens is 1. The number of benzene rings is 1. The molecule has 1 unspecified atom stereocenters. The van der Waals surface area contributed by atoms with Gasteiger partial charge in [-0.3, -0.25) is 0 Å². The molecule has 1 rings (SSSR count). The van der Waals surface area contributed by atoms with Gasteiger partial charge in [-0.05, 0) is 24.6 Å². The van der Waals surface area contributed by atoms with Gasteiger partial charge in [-0.2, -0.15) is 0 Å². The van der Waals surface area contributed by atoms with Crippen LogP contribution in [0.1, 0.15) is 18.5 Å². The van der Waals surface area contributed by atoms with Gasteiger partial charge in [0, 0.05) is 24.2 Å². The van der Waals surface area contributed by atoms with Gasteiger partial charge in [0.1, 0.15) is 0 Å². The van der Waals surface area contributed by atoms with E-state index in [0.29, 0.717) is 13.2 Å². The summed E-state index contributed by atoms with van der Waals surface area (Å²) in [5.74, 6) is 0. The molecule has 2 N–H and O–H groups in total. The van der Waals surface area contributed by atoms with Crippen LogP contribution in [0.2, 0.25) is 0 Å². The molecule has 0 saturated heterocycles. The zero-order valence-electron chi connectivity index (χ0n) is 9.61. The van der Waals surface area contributed by atoms with Gasteiger partial charge in [-0.25, -0.2) is 0 Å². The summed E-state index contributed by atoms with van der Waals surface area (Å²) in [5, 5.41) is 12.8. The lowest BCUT2D eigenvalue weighted by molar-refractivity contribution is 0.0630. The van der Waals surface area contributed by atoms with Crippen LogP contribution in [-0.2, 0) is 4.74 Å². The second-order valence-electron chi connectivity index (χ2n) is 3.79. The molecule has 0 fully saturated rings. The third kappa shape index (κ3) is 4.61. The Labute approximate surface area is 105 Å². The molecule has 0 aromatic heterocycles. The SMILES string of the molecule is COCC(O)CN[C@@H](C)c1cccc(Br)c1. The first kappa shape index (κ1) is 13.6. The van der Waals surface area contributed by atoms with Crippen LogP contribution in [-0.4, -0.2) is 31.5 Å². The summed E-state index contributed by atoms with van der Waals surface area (Å²) >= 11 is 3.44. The molecule has 16 heavy (non-hydrogen) atoms. The minimum Gasteiger partial charge on any atom is -0.389 e. The molecule has 2 atom stereocenters. The maximum atomic E-state index is 9.50. The third-order valence-electron chi connectivity index (χ3n) is 2.37. The average molecular weight is 288 g/mol. The van der Waals surface area contributed by atoms with Crippen molar-refractivity contribution in [1.82, 2.24) is 5.32 Å². The molecule has 0 bridgehead atoms. The van der Waals surface area contributed by atoms with Gasteiger partial charge in [-0.1, -0.05) is 28.1 Å². The standard InChI is InChI=1S/C12H18BrNO2/c1-9(14-7-12(15)8-16-2)10-4-3-5-11(13)6-10/h3-6,9,12,14-15H,7-8H2,1-2H3/t9-,12?/m0/s1. The fraction of sp³-hybridized carbons (Fsp3) is 0.500. The molecule has 0 saturated carbocycles. The van der Waals surface area contributed by atoms with Crippen LogP contribution < -0.4 is 5.32 Å². The Balaban J connectivity index is 2.43. The molecular formula is C12H18BrNO2. The van der Waals surface area contributed by atoms with Gasteiger partial charge in [0.05, 0.1) is 12.7 Å². The Kier molecular flexibility index (Phi) is 5.98. The Hall–Kier alpha value is -0.420. The van der Waals surface area contributed by atoms with E-state index in [9.17, 15) is 5.11 Å². The molecular weight excluding hydrogens is 270 g/mol. The second-order valence-corrected chi connectivity index (χ2v) is 4.71. The van der Waals surface area contributed by atoms with Crippen molar-refractivity contribution in [3.05, 3.63) is 34.3 Å². The molecule has 0 aliphatic rings. The van der Waals surface area contributed by atoms with Crippen molar-refractivity contribution in [3.63, 3.8) is 0 Å². The number of ether oxygens (including phenoxy) is 1. The lowest BCUT2D eigenvalue weighted by Crippen LogP contribution is -2.31. The molecule has 0 heterocycles. The number of hydrogen-bond donors (Lipinski definition) is 2. The van der Waals surface area contributed by atoms with Crippen LogP contribution in [0.4, 0.5) is 0 Å². The summed E-state index contributed by atoms with van der Waals surface area (Å²) in [6, 6.07) is 8.34. The Morgan fingerprint density at radius 2 is 2.25 bits per heavy atom. The molecule has 4 heteroatoms. The van der Waals surface area contributed by atoms with Crippen molar-refractivity contribution in [2.24, 2.45) is 0 Å². The van der Waals surface area contributed by atoms with E-state index in [4.69, 9.17) is 4.74 Å². The highest BCUT2D eigenvalue weighted by molar-refractivity contribution is 9.10. The molecule has 3 nitrogen and oxygen atoms in total. The highest BCUT2D eigenvalue weighted by Crippen LogP contribution is 2.17. The lowest BCUT2D eigenvalue weighted by atomic mass is 10.1. The van der Waals surface area contributed by atoms with Crippen LogP contribution in [0.3, 0.4) is 0 Å². The van der Waals surface area contributed by atoms with Gasteiger partial charge in [-0.15, -0.1) is 0 Å². The van der Waals surface area contributed by atoms with Crippen LogP contribution in [0.25, 0.3) is 0 Å². The summed E-state index contributed by atoms with van der Waals surface area (Å²) in [5.41, 5.74) is 1.19. The Morgan fingerprint density at radius 3 is 2.88 bits per heavy atom. The fourth-order valence-electron chi connectivity index (χ4n) is 1.46. The predicted octanol–water partition coefficient (Wildman–Crippen LogP) is 2.11. The zero-order chi connectivity index (χ0) is 12.0. The molecule has 90 valence electrons. The van der Waals surface area contributed by atoms with E-state index >= 15 is 0 Å². The number of methoxy groups -OCH3 is 1. The van der Waals surface area contributed by atoms with Gasteiger partial charge in [0.2, 0.25) is 0 Å². The average Bonchev–Trinajstić information content (AvgIpc) is 2.26. The van der Waals surface area contributed by atoms with Crippen molar-refractivity contribution in [2.45, 2.75) is 19.1 Å². The third-order valence-corrected chi connectivity index (χ3v) is 2.86. The normalized spacial score (nSPS) is 14.8. The van der Waals surface area contributed by atoms with Crippen molar-refractivity contribution < 1.29 is 9.84 Å². The molecule has 1 aromatic carbocycles. The molecule has 0 aliphatic heterocycles. The first-order chi connectivity index (χ1) is 7.63. The van der Waals surface area contributed by atoms with Crippen LogP contribution in [0.5, 0.6) is 0 Å². The molecule has 0 aliphatic carbocycles. The summed E-state index contributed by atoms with van der Waals surface area (Å²) in [7, 11) is 1.58. The van der Waals surface area contributed by atoms with E-state index in [1.165, 1.54) is 5.56 Å². The number of rotatable bonds is 6. The van der Waals surface area contributed by atoms with Crippen LogP contribution in [0, 0.1) is 0 Å². The monoisotopic (exact) mass is 287 g/mol. The highest BCUT2D eigenvalue weighted by Gasteiger charge is 2.08. The zero-order valence-corrected chi connectivity index (χ0v) is 11.2. The quantitative estimate of drug-likeness (QED) is 0.842.